The molecule has 0 aromatic rings. The van der Waals surface area contributed by atoms with Crippen LogP contribution in [0.3, 0.4) is 0 Å². The van der Waals surface area contributed by atoms with E-state index in [1.807, 2.05) is 0 Å². The molecule has 1 aliphatic carbocycles. The third-order valence-corrected chi connectivity index (χ3v) is 2.37. The van der Waals surface area contributed by atoms with Crippen LogP contribution in [-0.4, -0.2) is 22.2 Å². The number of carbonyl (C=O) groups is 2. The summed E-state index contributed by atoms with van der Waals surface area (Å²) in [6.07, 6.45) is 2.26. The first kappa shape index (κ1) is 16.8. The zero-order chi connectivity index (χ0) is 9.14. The van der Waals surface area contributed by atoms with Gasteiger partial charge in [0.1, 0.15) is 0 Å². The van der Waals surface area contributed by atoms with E-state index < -0.39 is 23.8 Å². The molecule has 2 N–H and O–H groups in total. The molecule has 1 aliphatic rings. The third kappa shape index (κ3) is 4.77. The Morgan fingerprint density at radius 1 is 0.929 bits per heavy atom. The molecule has 1 rings (SSSR count). The van der Waals surface area contributed by atoms with Crippen molar-refractivity contribution in [2.75, 3.05) is 0 Å². The van der Waals surface area contributed by atoms with Crippen LogP contribution in [0.1, 0.15) is 25.7 Å². The summed E-state index contributed by atoms with van der Waals surface area (Å²) in [4.78, 5) is 21.1. The smallest absolute Gasteiger partial charge is 0.306 e. The molecule has 14 heavy (non-hydrogen) atoms. The van der Waals surface area contributed by atoms with E-state index in [2.05, 4.69) is 0 Å². The van der Waals surface area contributed by atoms with Crippen LogP contribution in [0.2, 0.25) is 0 Å². The van der Waals surface area contributed by atoms with Gasteiger partial charge in [-0.2, -0.15) is 0 Å². The zero-order valence-corrected chi connectivity index (χ0v) is 10.3. The van der Waals surface area contributed by atoms with E-state index >= 15 is 0 Å². The number of carboxylic acid groups (broad SMARTS) is 2. The fraction of sp³-hybridized carbons (Fsp3) is 0.750. The molecule has 1 saturated carbocycles. The SMILES string of the molecule is O=C(O)C1CCCC(C(=O)O)C1.[Ag].[Ag]. The van der Waals surface area contributed by atoms with Gasteiger partial charge in [-0.25, -0.2) is 0 Å². The van der Waals surface area contributed by atoms with Crippen LogP contribution >= 0.6 is 0 Å². The average molecular weight is 388 g/mol. The van der Waals surface area contributed by atoms with Gasteiger partial charge in [0.05, 0.1) is 11.8 Å². The Morgan fingerprint density at radius 2 is 1.29 bits per heavy atom. The second-order valence-corrected chi connectivity index (χ2v) is 3.24. The van der Waals surface area contributed by atoms with Gasteiger partial charge in [-0.3, -0.25) is 9.59 Å². The molecule has 0 heterocycles. The third-order valence-electron chi connectivity index (χ3n) is 2.37. The van der Waals surface area contributed by atoms with E-state index in [1.165, 1.54) is 0 Å². The topological polar surface area (TPSA) is 74.6 Å². The Labute approximate surface area is 113 Å². The number of hydrogen-bond donors (Lipinski definition) is 2. The van der Waals surface area contributed by atoms with Crippen LogP contribution in [0.15, 0.2) is 0 Å². The van der Waals surface area contributed by atoms with E-state index in [4.69, 9.17) is 10.2 Å². The Hall–Kier alpha value is 0.421. The molecule has 0 bridgehead atoms. The first-order valence-corrected chi connectivity index (χ1v) is 4.07. The summed E-state index contributed by atoms with van der Waals surface area (Å²) in [7, 11) is 0. The van der Waals surface area contributed by atoms with Gasteiger partial charge >= 0.3 is 11.9 Å². The van der Waals surface area contributed by atoms with E-state index in [9.17, 15) is 9.59 Å². The molecular weight excluding hydrogens is 376 g/mol. The molecule has 2 radical (unpaired) electrons. The molecule has 1 fully saturated rings. The van der Waals surface area contributed by atoms with Crippen molar-refractivity contribution in [2.45, 2.75) is 25.7 Å². The van der Waals surface area contributed by atoms with Crippen molar-refractivity contribution in [1.82, 2.24) is 0 Å². The molecular formula is C8H12Ag2O4. The van der Waals surface area contributed by atoms with Crippen LogP contribution in [-0.2, 0) is 54.3 Å². The largest absolute Gasteiger partial charge is 0.481 e. The van der Waals surface area contributed by atoms with Gasteiger partial charge in [0, 0.05) is 44.8 Å². The molecule has 4 nitrogen and oxygen atoms in total. The van der Waals surface area contributed by atoms with Gasteiger partial charge in [0.15, 0.2) is 0 Å². The molecule has 6 heteroatoms. The zero-order valence-electron chi connectivity index (χ0n) is 7.30. The van der Waals surface area contributed by atoms with E-state index in [1.54, 1.807) is 0 Å². The van der Waals surface area contributed by atoms with Crippen molar-refractivity contribution in [3.8, 4) is 0 Å². The summed E-state index contributed by atoms with van der Waals surface area (Å²) in [5, 5.41) is 17.3. The predicted octanol–water partition coefficient (Wildman–Crippen LogP) is 0.957. The molecule has 0 aromatic heterocycles. The van der Waals surface area contributed by atoms with E-state index in [0.29, 0.717) is 25.7 Å². The molecule has 0 aromatic carbocycles. The van der Waals surface area contributed by atoms with Crippen LogP contribution in [0, 0.1) is 11.8 Å². The van der Waals surface area contributed by atoms with Crippen LogP contribution < -0.4 is 0 Å². The fourth-order valence-electron chi connectivity index (χ4n) is 1.64. The predicted molar refractivity (Wildman–Crippen MR) is 40.7 cm³/mol. The molecule has 2 unspecified atom stereocenters. The molecule has 0 saturated heterocycles. The normalized spacial score (nSPS) is 25.4. The van der Waals surface area contributed by atoms with Crippen molar-refractivity contribution >= 4 is 11.9 Å². The Balaban J connectivity index is 0. The minimum atomic E-state index is -0.860. The van der Waals surface area contributed by atoms with Crippen molar-refractivity contribution in [3.05, 3.63) is 0 Å². The molecule has 0 amide bonds. The monoisotopic (exact) mass is 386 g/mol. The minimum Gasteiger partial charge on any atom is -0.481 e. The summed E-state index contributed by atoms with van der Waals surface area (Å²) in [5.74, 6) is -2.61. The van der Waals surface area contributed by atoms with Crippen LogP contribution in [0.5, 0.6) is 0 Å². The molecule has 0 spiro atoms. The maximum absolute atomic E-state index is 10.5. The number of hydrogen-bond acceptors (Lipinski definition) is 2. The maximum Gasteiger partial charge on any atom is 0.306 e. The Bertz CT molecular complexity index is 188. The van der Waals surface area contributed by atoms with Crippen molar-refractivity contribution < 1.29 is 64.6 Å². The summed E-state index contributed by atoms with van der Waals surface area (Å²) < 4.78 is 0. The Kier molecular flexibility index (Phi) is 9.23. The van der Waals surface area contributed by atoms with E-state index in [0.717, 1.165) is 0 Å². The summed E-state index contributed by atoms with van der Waals surface area (Å²) in [5.41, 5.74) is 0. The van der Waals surface area contributed by atoms with Crippen LogP contribution in [0.25, 0.3) is 0 Å². The van der Waals surface area contributed by atoms with Gasteiger partial charge in [-0.15, -0.1) is 0 Å². The van der Waals surface area contributed by atoms with Gasteiger partial charge in [0.25, 0.3) is 0 Å². The number of aliphatic carboxylic acids is 2. The first-order chi connectivity index (χ1) is 5.61. The summed E-state index contributed by atoms with van der Waals surface area (Å²) in [6.45, 7) is 0. The van der Waals surface area contributed by atoms with Crippen molar-refractivity contribution in [1.29, 1.82) is 0 Å². The molecule has 2 atom stereocenters. The summed E-state index contributed by atoms with van der Waals surface area (Å²) in [6, 6.07) is 0. The second-order valence-electron chi connectivity index (χ2n) is 3.24. The molecule has 90 valence electrons. The number of carboxylic acids is 2. The standard InChI is InChI=1S/C8H12O4.2Ag/c9-7(10)5-2-1-3-6(4-5)8(11)12;;/h5-6H,1-4H2,(H,9,10)(H,11,12);;. The van der Waals surface area contributed by atoms with Gasteiger partial charge < -0.3 is 10.2 Å². The minimum absolute atomic E-state index is 0. The van der Waals surface area contributed by atoms with Crippen molar-refractivity contribution in [3.63, 3.8) is 0 Å². The Morgan fingerprint density at radius 3 is 1.57 bits per heavy atom. The van der Waals surface area contributed by atoms with Gasteiger partial charge in [0.2, 0.25) is 0 Å². The maximum atomic E-state index is 10.5. The fourth-order valence-corrected chi connectivity index (χ4v) is 1.64. The number of rotatable bonds is 2. The molecule has 0 aliphatic heterocycles. The quantitative estimate of drug-likeness (QED) is 0.692. The van der Waals surface area contributed by atoms with Crippen LogP contribution in [0.4, 0.5) is 0 Å². The summed E-state index contributed by atoms with van der Waals surface area (Å²) >= 11 is 0. The second kappa shape index (κ2) is 7.68. The van der Waals surface area contributed by atoms with E-state index in [-0.39, 0.29) is 44.8 Å². The first-order valence-electron chi connectivity index (χ1n) is 4.07. The van der Waals surface area contributed by atoms with Crippen molar-refractivity contribution in [2.24, 2.45) is 11.8 Å². The average Bonchev–Trinajstić information content (AvgIpc) is 2.04. The van der Waals surface area contributed by atoms with Gasteiger partial charge in [-0.1, -0.05) is 6.42 Å². The van der Waals surface area contributed by atoms with Gasteiger partial charge in [-0.05, 0) is 19.3 Å².